The van der Waals surface area contributed by atoms with Crippen LogP contribution >= 0.6 is 0 Å². The lowest BCUT2D eigenvalue weighted by molar-refractivity contribution is -0.695. The van der Waals surface area contributed by atoms with Gasteiger partial charge in [0.05, 0.1) is 19.1 Å². The van der Waals surface area contributed by atoms with E-state index in [2.05, 4.69) is 10.1 Å². The first-order valence-electron chi connectivity index (χ1n) is 7.02. The van der Waals surface area contributed by atoms with E-state index in [1.165, 1.54) is 12.7 Å². The zero-order chi connectivity index (χ0) is 15.9. The number of aryl methyl sites for hydroxylation is 2. The smallest absolute Gasteiger partial charge is 0.337 e. The van der Waals surface area contributed by atoms with Crippen molar-refractivity contribution in [3.63, 3.8) is 0 Å². The van der Waals surface area contributed by atoms with Crippen LogP contribution in [0.1, 0.15) is 22.3 Å². The van der Waals surface area contributed by atoms with Gasteiger partial charge in [0.25, 0.3) is 0 Å². The lowest BCUT2D eigenvalue weighted by Crippen LogP contribution is -3.00. The predicted octanol–water partition coefficient (Wildman–Crippen LogP) is -0.898. The van der Waals surface area contributed by atoms with E-state index in [0.29, 0.717) is 24.2 Å². The van der Waals surface area contributed by atoms with E-state index in [1.807, 2.05) is 36.0 Å². The predicted molar refractivity (Wildman–Crippen MR) is 82.4 cm³/mol. The SMILES string of the molecule is COC(=O)c1cccc(NC(=O)CC[n+]2ccc(C)cc2)c1.[Br-]. The van der Waals surface area contributed by atoms with Crippen molar-refractivity contribution in [2.75, 3.05) is 12.4 Å². The first-order chi connectivity index (χ1) is 10.6. The normalized spacial score (nSPS) is 9.65. The Morgan fingerprint density at radius 1 is 1.17 bits per heavy atom. The molecule has 0 unspecified atom stereocenters. The summed E-state index contributed by atoms with van der Waals surface area (Å²) in [4.78, 5) is 23.4. The average Bonchev–Trinajstić information content (AvgIpc) is 2.54. The number of nitrogens with zero attached hydrogens (tertiary/aromatic N) is 1. The summed E-state index contributed by atoms with van der Waals surface area (Å²) in [6.45, 7) is 2.62. The second-order valence-corrected chi connectivity index (χ2v) is 4.98. The maximum absolute atomic E-state index is 12.0. The fourth-order valence-corrected chi connectivity index (χ4v) is 1.98. The van der Waals surface area contributed by atoms with Gasteiger partial charge in [0.15, 0.2) is 18.9 Å². The molecule has 0 bridgehead atoms. The molecule has 0 saturated heterocycles. The van der Waals surface area contributed by atoms with Crippen molar-refractivity contribution >= 4 is 17.6 Å². The van der Waals surface area contributed by atoms with E-state index >= 15 is 0 Å². The topological polar surface area (TPSA) is 59.3 Å². The Bertz CT molecular complexity index is 672. The van der Waals surface area contributed by atoms with Crippen molar-refractivity contribution < 1.29 is 35.9 Å². The summed E-state index contributed by atoms with van der Waals surface area (Å²) < 4.78 is 6.61. The number of hydrogen-bond acceptors (Lipinski definition) is 3. The van der Waals surface area contributed by atoms with Crippen molar-refractivity contribution in [3.8, 4) is 0 Å². The van der Waals surface area contributed by atoms with Crippen LogP contribution in [0.3, 0.4) is 0 Å². The summed E-state index contributed by atoms with van der Waals surface area (Å²) in [5.41, 5.74) is 2.18. The number of aromatic nitrogens is 1. The minimum atomic E-state index is -0.425. The Labute approximate surface area is 146 Å². The van der Waals surface area contributed by atoms with Crippen LogP contribution < -0.4 is 26.9 Å². The summed E-state index contributed by atoms with van der Waals surface area (Å²) in [6, 6.07) is 10.7. The molecule has 122 valence electrons. The number of carbonyl (C=O) groups is 2. The van der Waals surface area contributed by atoms with E-state index in [-0.39, 0.29) is 22.9 Å². The number of methoxy groups -OCH3 is 1. The highest BCUT2D eigenvalue weighted by Gasteiger charge is 2.09. The highest BCUT2D eigenvalue weighted by Crippen LogP contribution is 2.11. The molecular weight excluding hydrogens is 360 g/mol. The van der Waals surface area contributed by atoms with Crippen LogP contribution in [0.2, 0.25) is 0 Å². The van der Waals surface area contributed by atoms with Gasteiger partial charge in [-0.05, 0) is 30.7 Å². The fraction of sp³-hybridized carbons (Fsp3) is 0.235. The number of esters is 1. The van der Waals surface area contributed by atoms with Gasteiger partial charge < -0.3 is 27.0 Å². The zero-order valence-corrected chi connectivity index (χ0v) is 14.7. The highest BCUT2D eigenvalue weighted by atomic mass is 79.9. The third-order valence-corrected chi connectivity index (χ3v) is 3.22. The number of pyridine rings is 1. The molecular formula is C17H19BrN2O3. The van der Waals surface area contributed by atoms with Gasteiger partial charge in [-0.2, -0.15) is 0 Å². The molecule has 1 N–H and O–H groups in total. The van der Waals surface area contributed by atoms with E-state index < -0.39 is 5.97 Å². The van der Waals surface area contributed by atoms with Gasteiger partial charge in [0, 0.05) is 17.8 Å². The minimum absolute atomic E-state index is 0. The summed E-state index contributed by atoms with van der Waals surface area (Å²) in [7, 11) is 1.33. The van der Waals surface area contributed by atoms with Crippen molar-refractivity contribution in [1.29, 1.82) is 0 Å². The van der Waals surface area contributed by atoms with Crippen molar-refractivity contribution in [3.05, 3.63) is 59.9 Å². The van der Waals surface area contributed by atoms with Crippen LogP contribution in [-0.4, -0.2) is 19.0 Å². The van der Waals surface area contributed by atoms with E-state index in [9.17, 15) is 9.59 Å². The van der Waals surface area contributed by atoms with Gasteiger partial charge in [-0.25, -0.2) is 9.36 Å². The number of hydrogen-bond donors (Lipinski definition) is 1. The molecule has 0 aliphatic carbocycles. The zero-order valence-electron chi connectivity index (χ0n) is 13.1. The highest BCUT2D eigenvalue weighted by molar-refractivity contribution is 5.94. The number of halogens is 1. The molecule has 1 amide bonds. The van der Waals surface area contributed by atoms with Crippen LogP contribution in [-0.2, 0) is 16.1 Å². The van der Waals surface area contributed by atoms with Crippen LogP contribution in [0.5, 0.6) is 0 Å². The van der Waals surface area contributed by atoms with Gasteiger partial charge in [-0.3, -0.25) is 4.79 Å². The lowest BCUT2D eigenvalue weighted by Gasteiger charge is -2.06. The second kappa shape index (κ2) is 9.05. The quantitative estimate of drug-likeness (QED) is 0.541. The number of ether oxygens (including phenoxy) is 1. The Morgan fingerprint density at radius 2 is 1.87 bits per heavy atom. The first-order valence-corrected chi connectivity index (χ1v) is 7.02. The van der Waals surface area contributed by atoms with E-state index in [0.717, 1.165) is 0 Å². The summed E-state index contributed by atoms with van der Waals surface area (Å²) >= 11 is 0. The number of amides is 1. The molecule has 1 aromatic carbocycles. The van der Waals surface area contributed by atoms with Gasteiger partial charge >= 0.3 is 5.97 Å². The standard InChI is InChI=1S/C17H18N2O3.BrH/c1-13-6-9-19(10-7-13)11-8-16(20)18-15-5-3-4-14(12-15)17(21)22-2;/h3-7,9-10,12H,8,11H2,1-2H3;1H. The average molecular weight is 379 g/mol. The largest absolute Gasteiger partial charge is 1.00 e. The molecule has 5 nitrogen and oxygen atoms in total. The van der Waals surface area contributed by atoms with Crippen molar-refractivity contribution in [1.82, 2.24) is 0 Å². The number of nitrogens with one attached hydrogen (secondary N) is 1. The Balaban J connectivity index is 0.00000264. The molecule has 2 rings (SSSR count). The molecule has 0 atom stereocenters. The van der Waals surface area contributed by atoms with Crippen LogP contribution in [0.15, 0.2) is 48.8 Å². The number of rotatable bonds is 5. The van der Waals surface area contributed by atoms with Gasteiger partial charge in [0.1, 0.15) is 0 Å². The lowest BCUT2D eigenvalue weighted by atomic mass is 10.2. The van der Waals surface area contributed by atoms with Crippen LogP contribution in [0.25, 0.3) is 0 Å². The minimum Gasteiger partial charge on any atom is -1.00 e. The molecule has 0 aliphatic heterocycles. The second-order valence-electron chi connectivity index (χ2n) is 4.98. The molecule has 1 heterocycles. The molecule has 0 fully saturated rings. The summed E-state index contributed by atoms with van der Waals surface area (Å²) in [5.74, 6) is -0.526. The fourth-order valence-electron chi connectivity index (χ4n) is 1.98. The Kier molecular flexibility index (Phi) is 7.41. The maximum Gasteiger partial charge on any atom is 0.337 e. The van der Waals surface area contributed by atoms with Gasteiger partial charge in [0.2, 0.25) is 5.91 Å². The molecule has 23 heavy (non-hydrogen) atoms. The van der Waals surface area contributed by atoms with Crippen molar-refractivity contribution in [2.45, 2.75) is 19.9 Å². The molecule has 0 radical (unpaired) electrons. The number of carbonyl (C=O) groups excluding carboxylic acids is 2. The van der Waals surface area contributed by atoms with Crippen molar-refractivity contribution in [2.24, 2.45) is 0 Å². The third-order valence-electron chi connectivity index (χ3n) is 3.22. The Hall–Kier alpha value is -2.21. The molecule has 0 saturated carbocycles. The summed E-state index contributed by atoms with van der Waals surface area (Å²) in [5, 5.41) is 2.78. The Morgan fingerprint density at radius 3 is 2.52 bits per heavy atom. The molecule has 6 heteroatoms. The molecule has 1 aromatic heterocycles. The number of anilines is 1. The van der Waals surface area contributed by atoms with E-state index in [1.54, 1.807) is 24.3 Å². The number of benzene rings is 1. The monoisotopic (exact) mass is 378 g/mol. The van der Waals surface area contributed by atoms with E-state index in [4.69, 9.17) is 0 Å². The van der Waals surface area contributed by atoms with Gasteiger partial charge in [-0.1, -0.05) is 6.07 Å². The maximum atomic E-state index is 12.0. The van der Waals surface area contributed by atoms with Gasteiger partial charge in [-0.15, -0.1) is 0 Å². The first kappa shape index (κ1) is 18.8. The van der Waals surface area contributed by atoms with Crippen LogP contribution in [0.4, 0.5) is 5.69 Å². The summed E-state index contributed by atoms with van der Waals surface area (Å²) in [6.07, 6.45) is 4.25. The van der Waals surface area contributed by atoms with Crippen LogP contribution in [0, 0.1) is 6.92 Å². The molecule has 2 aromatic rings. The molecule has 0 spiro atoms. The molecule has 0 aliphatic rings. The third kappa shape index (κ3) is 5.83.